The molecule has 1 aromatic rings. The molecular formula is C18H28N4O2S. The maximum absolute atomic E-state index is 12.3. The highest BCUT2D eigenvalue weighted by Gasteiger charge is 2.12. The Bertz CT molecular complexity index is 555. The highest BCUT2D eigenvalue weighted by atomic mass is 32.1. The number of nitrogens with one attached hydrogen (secondary N) is 2. The summed E-state index contributed by atoms with van der Waals surface area (Å²) in [7, 11) is 0. The van der Waals surface area contributed by atoms with Gasteiger partial charge in [-0.3, -0.25) is 9.69 Å². The number of ether oxygens (including phenoxy) is 1. The Hall–Kier alpha value is -1.70. The van der Waals surface area contributed by atoms with E-state index in [4.69, 9.17) is 17.0 Å². The molecule has 25 heavy (non-hydrogen) atoms. The van der Waals surface area contributed by atoms with Crippen LogP contribution in [-0.2, 0) is 4.74 Å². The largest absolute Gasteiger partial charge is 0.379 e. The van der Waals surface area contributed by atoms with Crippen LogP contribution < -0.4 is 10.6 Å². The summed E-state index contributed by atoms with van der Waals surface area (Å²) in [4.78, 5) is 16.4. The molecule has 1 amide bonds. The van der Waals surface area contributed by atoms with Crippen LogP contribution in [0, 0.1) is 0 Å². The first-order valence-electron chi connectivity index (χ1n) is 8.88. The molecule has 0 bridgehead atoms. The molecule has 6 nitrogen and oxygen atoms in total. The number of amides is 1. The van der Waals surface area contributed by atoms with E-state index in [1.165, 1.54) is 0 Å². The summed E-state index contributed by atoms with van der Waals surface area (Å²) in [6, 6.07) is 7.43. The van der Waals surface area contributed by atoms with Crippen LogP contribution in [0.15, 0.2) is 24.3 Å². The molecule has 7 heteroatoms. The second kappa shape index (κ2) is 10.3. The van der Waals surface area contributed by atoms with Gasteiger partial charge in [-0.15, -0.1) is 0 Å². The summed E-state index contributed by atoms with van der Waals surface area (Å²) in [5, 5.41) is 6.96. The van der Waals surface area contributed by atoms with Gasteiger partial charge in [0.05, 0.1) is 13.2 Å². The smallest absolute Gasteiger partial charge is 0.253 e. The molecule has 0 radical (unpaired) electrons. The first kappa shape index (κ1) is 19.6. The van der Waals surface area contributed by atoms with Gasteiger partial charge < -0.3 is 20.3 Å². The van der Waals surface area contributed by atoms with Crippen LogP contribution in [0.4, 0.5) is 5.69 Å². The van der Waals surface area contributed by atoms with E-state index in [-0.39, 0.29) is 5.91 Å². The van der Waals surface area contributed by atoms with E-state index in [2.05, 4.69) is 15.5 Å². The number of anilines is 1. The van der Waals surface area contributed by atoms with E-state index in [1.807, 2.05) is 38.1 Å². The van der Waals surface area contributed by atoms with Crippen LogP contribution in [0.5, 0.6) is 0 Å². The van der Waals surface area contributed by atoms with Crippen molar-refractivity contribution in [2.24, 2.45) is 0 Å². The minimum atomic E-state index is 0.0581. The zero-order chi connectivity index (χ0) is 18.1. The number of carbonyl (C=O) groups is 1. The summed E-state index contributed by atoms with van der Waals surface area (Å²) in [5.41, 5.74) is 1.57. The van der Waals surface area contributed by atoms with Crippen molar-refractivity contribution in [1.82, 2.24) is 15.1 Å². The van der Waals surface area contributed by atoms with Gasteiger partial charge >= 0.3 is 0 Å². The van der Waals surface area contributed by atoms with Crippen molar-refractivity contribution < 1.29 is 9.53 Å². The molecule has 1 aromatic carbocycles. The van der Waals surface area contributed by atoms with E-state index in [9.17, 15) is 4.79 Å². The Morgan fingerprint density at radius 2 is 1.84 bits per heavy atom. The van der Waals surface area contributed by atoms with Crippen molar-refractivity contribution in [2.75, 3.05) is 57.8 Å². The molecule has 2 rings (SSSR count). The van der Waals surface area contributed by atoms with Crippen LogP contribution in [0.2, 0.25) is 0 Å². The van der Waals surface area contributed by atoms with Gasteiger partial charge in [0.2, 0.25) is 0 Å². The molecule has 1 heterocycles. The number of carbonyl (C=O) groups excluding carboxylic acids is 1. The maximum atomic E-state index is 12.3. The van der Waals surface area contributed by atoms with E-state index < -0.39 is 0 Å². The Labute approximate surface area is 155 Å². The summed E-state index contributed by atoms with van der Waals surface area (Å²) in [6.45, 7) is 10.7. The van der Waals surface area contributed by atoms with Gasteiger partial charge in [0.1, 0.15) is 0 Å². The molecule has 1 aliphatic heterocycles. The fourth-order valence-electron chi connectivity index (χ4n) is 2.72. The molecule has 0 aromatic heterocycles. The van der Waals surface area contributed by atoms with E-state index in [0.29, 0.717) is 23.8 Å². The predicted octanol–water partition coefficient (Wildman–Crippen LogP) is 1.79. The predicted molar refractivity (Wildman–Crippen MR) is 105 cm³/mol. The first-order valence-corrected chi connectivity index (χ1v) is 9.29. The fourth-order valence-corrected chi connectivity index (χ4v) is 2.94. The van der Waals surface area contributed by atoms with Gasteiger partial charge in [-0.25, -0.2) is 0 Å². The van der Waals surface area contributed by atoms with Gasteiger partial charge in [0.25, 0.3) is 5.91 Å². The number of hydrogen-bond acceptors (Lipinski definition) is 4. The van der Waals surface area contributed by atoms with E-state index >= 15 is 0 Å². The number of hydrogen-bond donors (Lipinski definition) is 2. The molecule has 0 atom stereocenters. The highest BCUT2D eigenvalue weighted by Crippen LogP contribution is 2.11. The summed E-state index contributed by atoms with van der Waals surface area (Å²) < 4.78 is 5.33. The molecular weight excluding hydrogens is 336 g/mol. The standard InChI is InChI=1S/C18H28N4O2S/c1-3-22(4-2)17(23)15-5-7-16(8-6-15)20-18(25)19-9-10-21-11-13-24-14-12-21/h5-8H,3-4,9-14H2,1-2H3,(H2,19,20,25). The summed E-state index contributed by atoms with van der Waals surface area (Å²) >= 11 is 5.33. The molecule has 0 saturated carbocycles. The summed E-state index contributed by atoms with van der Waals surface area (Å²) in [5.74, 6) is 0.0581. The second-order valence-corrected chi connectivity index (χ2v) is 6.30. The van der Waals surface area contributed by atoms with Gasteiger partial charge in [-0.2, -0.15) is 0 Å². The fraction of sp³-hybridized carbons (Fsp3) is 0.556. The number of benzene rings is 1. The van der Waals surface area contributed by atoms with Crippen molar-refractivity contribution in [1.29, 1.82) is 0 Å². The van der Waals surface area contributed by atoms with Gasteiger partial charge in [-0.1, -0.05) is 0 Å². The third-order valence-electron chi connectivity index (χ3n) is 4.26. The average molecular weight is 365 g/mol. The van der Waals surface area contributed by atoms with Crippen molar-refractivity contribution >= 4 is 28.9 Å². The van der Waals surface area contributed by atoms with E-state index in [1.54, 1.807) is 4.90 Å². The van der Waals surface area contributed by atoms with Gasteiger partial charge in [0.15, 0.2) is 5.11 Å². The zero-order valence-corrected chi connectivity index (χ0v) is 15.9. The quantitative estimate of drug-likeness (QED) is 0.720. The third-order valence-corrected chi connectivity index (χ3v) is 4.50. The second-order valence-electron chi connectivity index (χ2n) is 5.89. The first-order chi connectivity index (χ1) is 12.1. The van der Waals surface area contributed by atoms with Gasteiger partial charge in [-0.05, 0) is 50.3 Å². The Kier molecular flexibility index (Phi) is 8.11. The van der Waals surface area contributed by atoms with Crippen molar-refractivity contribution in [3.63, 3.8) is 0 Å². The van der Waals surface area contributed by atoms with Crippen LogP contribution in [0.25, 0.3) is 0 Å². The van der Waals surface area contributed by atoms with Crippen LogP contribution in [-0.4, -0.2) is 73.3 Å². The van der Waals surface area contributed by atoms with Crippen LogP contribution in [0.3, 0.4) is 0 Å². The highest BCUT2D eigenvalue weighted by molar-refractivity contribution is 7.80. The minimum Gasteiger partial charge on any atom is -0.379 e. The lowest BCUT2D eigenvalue weighted by molar-refractivity contribution is 0.0389. The van der Waals surface area contributed by atoms with Gasteiger partial charge in [0, 0.05) is 50.5 Å². The Morgan fingerprint density at radius 1 is 1.20 bits per heavy atom. The zero-order valence-electron chi connectivity index (χ0n) is 15.1. The lowest BCUT2D eigenvalue weighted by atomic mass is 10.2. The topological polar surface area (TPSA) is 56.8 Å². The molecule has 0 aliphatic carbocycles. The monoisotopic (exact) mass is 364 g/mol. The van der Waals surface area contributed by atoms with Crippen molar-refractivity contribution in [2.45, 2.75) is 13.8 Å². The van der Waals surface area contributed by atoms with Crippen LogP contribution in [0.1, 0.15) is 24.2 Å². The molecule has 1 saturated heterocycles. The van der Waals surface area contributed by atoms with Crippen LogP contribution >= 0.6 is 12.2 Å². The van der Waals surface area contributed by atoms with E-state index in [0.717, 1.165) is 45.1 Å². The Balaban J connectivity index is 1.76. The molecule has 1 aliphatic rings. The molecule has 138 valence electrons. The number of rotatable bonds is 7. The normalized spacial score (nSPS) is 14.8. The molecule has 0 unspecified atom stereocenters. The van der Waals surface area contributed by atoms with Crippen molar-refractivity contribution in [3.05, 3.63) is 29.8 Å². The maximum Gasteiger partial charge on any atom is 0.253 e. The number of morpholine rings is 1. The lowest BCUT2D eigenvalue weighted by Gasteiger charge is -2.26. The number of nitrogens with zero attached hydrogens (tertiary/aromatic N) is 2. The minimum absolute atomic E-state index is 0.0581. The van der Waals surface area contributed by atoms with Crippen molar-refractivity contribution in [3.8, 4) is 0 Å². The molecule has 0 spiro atoms. The molecule has 2 N–H and O–H groups in total. The molecule has 1 fully saturated rings. The average Bonchev–Trinajstić information content (AvgIpc) is 2.64. The summed E-state index contributed by atoms with van der Waals surface area (Å²) in [6.07, 6.45) is 0. The third kappa shape index (κ3) is 6.26. The Morgan fingerprint density at radius 3 is 2.44 bits per heavy atom. The number of thiocarbonyl (C=S) groups is 1. The SMILES string of the molecule is CCN(CC)C(=O)c1ccc(NC(=S)NCCN2CCOCC2)cc1. The lowest BCUT2D eigenvalue weighted by Crippen LogP contribution is -2.42.